The van der Waals surface area contributed by atoms with Gasteiger partial charge in [0.05, 0.1) is 13.2 Å². The number of hydrogen-bond acceptors (Lipinski definition) is 3. The normalized spacial score (nSPS) is 10.8. The highest BCUT2D eigenvalue weighted by atomic mass is 31.2. The molecule has 0 aromatic heterocycles. The minimum atomic E-state index is -1.43. The summed E-state index contributed by atoms with van der Waals surface area (Å²) in [5.41, 5.74) is 2.48. The van der Waals surface area contributed by atoms with E-state index in [1.807, 2.05) is 66.7 Å². The maximum absolute atomic E-state index is 5.91. The minimum Gasteiger partial charge on any atom is -0.427 e. The second kappa shape index (κ2) is 10.7. The van der Waals surface area contributed by atoms with Crippen molar-refractivity contribution >= 4 is 8.60 Å². The molecule has 134 valence electrons. The summed E-state index contributed by atoms with van der Waals surface area (Å²) in [6, 6.07) is 30.2. The topological polar surface area (TPSA) is 27.7 Å². The maximum Gasteiger partial charge on any atom is 0.397 e. The molecule has 0 fully saturated rings. The van der Waals surface area contributed by atoms with Crippen molar-refractivity contribution in [3.8, 4) is 5.75 Å². The van der Waals surface area contributed by atoms with Crippen LogP contribution in [0.25, 0.3) is 0 Å². The van der Waals surface area contributed by atoms with Crippen LogP contribution in [0.2, 0.25) is 0 Å². The molecule has 0 atom stereocenters. The van der Waals surface area contributed by atoms with Gasteiger partial charge < -0.3 is 13.6 Å². The third kappa shape index (κ3) is 6.61. The van der Waals surface area contributed by atoms with Crippen LogP contribution in [0, 0.1) is 0 Å². The molecule has 3 rings (SSSR count). The van der Waals surface area contributed by atoms with Gasteiger partial charge in [-0.3, -0.25) is 0 Å². The Morgan fingerprint density at radius 3 is 1.42 bits per heavy atom. The maximum atomic E-state index is 5.91. The average molecular weight is 366 g/mol. The van der Waals surface area contributed by atoms with Crippen LogP contribution in [0.4, 0.5) is 0 Å². The largest absolute Gasteiger partial charge is 0.427 e. The van der Waals surface area contributed by atoms with Crippen molar-refractivity contribution in [2.75, 3.05) is 13.2 Å². The van der Waals surface area contributed by atoms with Gasteiger partial charge in [-0.25, -0.2) is 0 Å². The molecule has 0 heterocycles. The van der Waals surface area contributed by atoms with E-state index in [4.69, 9.17) is 13.6 Å². The molecule has 0 aliphatic rings. The van der Waals surface area contributed by atoms with E-state index in [9.17, 15) is 0 Å². The Labute approximate surface area is 156 Å². The Hall–Kier alpha value is -2.19. The predicted octanol–water partition coefficient (Wildman–Crippen LogP) is 5.81. The van der Waals surface area contributed by atoms with Crippen LogP contribution in [0.15, 0.2) is 91.0 Å². The highest BCUT2D eigenvalue weighted by molar-refractivity contribution is 7.42. The summed E-state index contributed by atoms with van der Waals surface area (Å²) in [5, 5.41) is 0. The molecule has 3 nitrogen and oxygen atoms in total. The van der Waals surface area contributed by atoms with Crippen LogP contribution in [0.5, 0.6) is 5.75 Å². The summed E-state index contributed by atoms with van der Waals surface area (Å²) in [6.07, 6.45) is 1.67. The molecule has 0 aliphatic heterocycles. The van der Waals surface area contributed by atoms with Crippen LogP contribution in [-0.4, -0.2) is 13.2 Å². The van der Waals surface area contributed by atoms with Gasteiger partial charge in [0, 0.05) is 0 Å². The molecule has 4 heteroatoms. The third-order valence-electron chi connectivity index (χ3n) is 3.78. The van der Waals surface area contributed by atoms with Crippen molar-refractivity contribution in [3.05, 3.63) is 102 Å². The summed E-state index contributed by atoms with van der Waals surface area (Å²) in [4.78, 5) is 0. The van der Waals surface area contributed by atoms with Gasteiger partial charge in [0.2, 0.25) is 0 Å². The first-order chi connectivity index (χ1) is 12.9. The highest BCUT2D eigenvalue weighted by Gasteiger charge is 2.15. The van der Waals surface area contributed by atoms with Gasteiger partial charge in [0.1, 0.15) is 5.75 Å². The molecular formula is C22H23O3P. The molecule has 0 aliphatic carbocycles. The van der Waals surface area contributed by atoms with Gasteiger partial charge >= 0.3 is 8.60 Å². The van der Waals surface area contributed by atoms with Gasteiger partial charge in [-0.2, -0.15) is 0 Å². The molecule has 0 N–H and O–H groups in total. The first-order valence-electron chi connectivity index (χ1n) is 8.77. The first-order valence-corrected chi connectivity index (χ1v) is 9.86. The second-order valence-corrected chi connectivity index (χ2v) is 6.91. The zero-order valence-corrected chi connectivity index (χ0v) is 15.6. The van der Waals surface area contributed by atoms with Crippen molar-refractivity contribution in [1.29, 1.82) is 0 Å². The highest BCUT2D eigenvalue weighted by Crippen LogP contribution is 2.40. The zero-order chi connectivity index (χ0) is 17.9. The van der Waals surface area contributed by atoms with Gasteiger partial charge in [0.25, 0.3) is 0 Å². The van der Waals surface area contributed by atoms with Crippen LogP contribution in [0.3, 0.4) is 0 Å². The summed E-state index contributed by atoms with van der Waals surface area (Å²) in [7, 11) is -1.43. The molecule has 0 radical (unpaired) electrons. The molecule has 0 saturated carbocycles. The summed E-state index contributed by atoms with van der Waals surface area (Å²) in [6.45, 7) is 1.13. The fourth-order valence-electron chi connectivity index (χ4n) is 2.42. The fourth-order valence-corrected chi connectivity index (χ4v) is 3.38. The van der Waals surface area contributed by atoms with Crippen LogP contribution >= 0.6 is 8.60 Å². The first kappa shape index (κ1) is 18.6. The average Bonchev–Trinajstić information content (AvgIpc) is 2.70. The van der Waals surface area contributed by atoms with Gasteiger partial charge in [-0.1, -0.05) is 78.9 Å². The SMILES string of the molecule is c1ccc(CCOP(OCCc2ccccc2)Oc2ccccc2)cc1. The van der Waals surface area contributed by atoms with E-state index < -0.39 is 8.60 Å². The van der Waals surface area contributed by atoms with E-state index in [1.54, 1.807) is 0 Å². The Morgan fingerprint density at radius 2 is 0.962 bits per heavy atom. The fraction of sp³-hybridized carbons (Fsp3) is 0.182. The lowest BCUT2D eigenvalue weighted by atomic mass is 10.2. The molecule has 0 saturated heterocycles. The van der Waals surface area contributed by atoms with E-state index >= 15 is 0 Å². The standard InChI is InChI=1S/C22H23O3P/c1-4-10-20(11-5-1)16-18-23-26(25-22-14-8-3-9-15-22)24-19-17-21-12-6-2-7-13-21/h1-15H,16-19H2. The quantitative estimate of drug-likeness (QED) is 0.424. The van der Waals surface area contributed by atoms with Crippen molar-refractivity contribution < 1.29 is 13.6 Å². The Morgan fingerprint density at radius 1 is 0.538 bits per heavy atom. The predicted molar refractivity (Wildman–Crippen MR) is 106 cm³/mol. The van der Waals surface area contributed by atoms with Crippen molar-refractivity contribution in [2.45, 2.75) is 12.8 Å². The molecule has 3 aromatic rings. The number of benzene rings is 3. The second-order valence-electron chi connectivity index (χ2n) is 5.77. The van der Waals surface area contributed by atoms with Gasteiger partial charge in [0.15, 0.2) is 0 Å². The van der Waals surface area contributed by atoms with E-state index in [2.05, 4.69) is 24.3 Å². The molecule has 3 aromatic carbocycles. The van der Waals surface area contributed by atoms with Crippen molar-refractivity contribution in [2.24, 2.45) is 0 Å². The molecular weight excluding hydrogens is 343 g/mol. The smallest absolute Gasteiger partial charge is 0.397 e. The van der Waals surface area contributed by atoms with Gasteiger partial charge in [-0.15, -0.1) is 0 Å². The van der Waals surface area contributed by atoms with Gasteiger partial charge in [-0.05, 0) is 36.1 Å². The molecule has 0 spiro atoms. The molecule has 0 amide bonds. The number of para-hydroxylation sites is 1. The lowest BCUT2D eigenvalue weighted by Gasteiger charge is -2.17. The van der Waals surface area contributed by atoms with Crippen LogP contribution < -0.4 is 4.52 Å². The molecule has 0 unspecified atom stereocenters. The van der Waals surface area contributed by atoms with Crippen LogP contribution in [0.1, 0.15) is 11.1 Å². The van der Waals surface area contributed by atoms with E-state index in [1.165, 1.54) is 11.1 Å². The van der Waals surface area contributed by atoms with Crippen LogP contribution in [-0.2, 0) is 21.9 Å². The van der Waals surface area contributed by atoms with E-state index in [0.29, 0.717) is 13.2 Å². The van der Waals surface area contributed by atoms with E-state index in [-0.39, 0.29) is 0 Å². The zero-order valence-electron chi connectivity index (χ0n) is 14.7. The third-order valence-corrected chi connectivity index (χ3v) is 4.93. The summed E-state index contributed by atoms with van der Waals surface area (Å²) < 4.78 is 17.7. The Kier molecular flexibility index (Phi) is 7.67. The minimum absolute atomic E-state index is 0.563. The Balaban J connectivity index is 1.50. The summed E-state index contributed by atoms with van der Waals surface area (Å²) in [5.74, 6) is 0.762. The number of rotatable bonds is 10. The summed E-state index contributed by atoms with van der Waals surface area (Å²) >= 11 is 0. The number of hydrogen-bond donors (Lipinski definition) is 0. The Bertz CT molecular complexity index is 690. The van der Waals surface area contributed by atoms with Crippen molar-refractivity contribution in [1.82, 2.24) is 0 Å². The molecule has 26 heavy (non-hydrogen) atoms. The molecule has 0 bridgehead atoms. The monoisotopic (exact) mass is 366 g/mol. The van der Waals surface area contributed by atoms with Crippen molar-refractivity contribution in [3.63, 3.8) is 0 Å². The lowest BCUT2D eigenvalue weighted by molar-refractivity contribution is 0.208. The van der Waals surface area contributed by atoms with E-state index in [0.717, 1.165) is 18.6 Å². The lowest BCUT2D eigenvalue weighted by Crippen LogP contribution is -2.04.